The van der Waals surface area contributed by atoms with Gasteiger partial charge in [0.05, 0.1) is 25.2 Å². The molecule has 220 valence electrons. The van der Waals surface area contributed by atoms with Crippen LogP contribution in [0.2, 0.25) is 0 Å². The number of hydrogen-bond donors (Lipinski definition) is 2. The third-order valence-electron chi connectivity index (χ3n) is 6.77. The summed E-state index contributed by atoms with van der Waals surface area (Å²) in [5.74, 6) is 2.65. The number of carbonyl (C=O) groups excluding carboxylic acids is 1. The highest BCUT2D eigenvalue weighted by Crippen LogP contribution is 2.32. The first-order valence-corrected chi connectivity index (χ1v) is 14.9. The van der Waals surface area contributed by atoms with E-state index in [1.165, 1.54) is 19.2 Å². The summed E-state index contributed by atoms with van der Waals surface area (Å²) in [5.41, 5.74) is 2.62. The number of aliphatic hydroxyl groups excluding tert-OH is 1. The maximum absolute atomic E-state index is 13.2. The summed E-state index contributed by atoms with van der Waals surface area (Å²) >= 11 is 0. The van der Waals surface area contributed by atoms with Crippen molar-refractivity contribution < 1.29 is 32.5 Å². The van der Waals surface area contributed by atoms with E-state index in [0.29, 0.717) is 18.7 Å². The Labute approximate surface area is 246 Å². The molecule has 10 heteroatoms. The minimum Gasteiger partial charge on any atom is -0.497 e. The van der Waals surface area contributed by atoms with E-state index in [4.69, 9.17) is 20.6 Å². The first kappa shape index (κ1) is 30.8. The van der Waals surface area contributed by atoms with Crippen molar-refractivity contribution in [2.45, 2.75) is 30.1 Å². The molecule has 1 heterocycles. The summed E-state index contributed by atoms with van der Waals surface area (Å²) in [5, 5.41) is 12.4. The van der Waals surface area contributed by atoms with Crippen LogP contribution in [-0.4, -0.2) is 63.4 Å². The SMILES string of the molecule is C#Cc1ccc([C@H]2C=C(C(=O)NCc3ccccc3)O[C@@H](OCCN(CCO)S(=O)(=O)c3ccc(OC)cc3)C2)cc1. The van der Waals surface area contributed by atoms with Crippen LogP contribution in [0.15, 0.2) is 95.6 Å². The zero-order valence-corrected chi connectivity index (χ0v) is 24.1. The lowest BCUT2D eigenvalue weighted by molar-refractivity contribution is -0.146. The van der Waals surface area contributed by atoms with E-state index in [-0.39, 0.29) is 48.8 Å². The van der Waals surface area contributed by atoms with Crippen LogP contribution in [0.4, 0.5) is 0 Å². The first-order chi connectivity index (χ1) is 20.3. The molecule has 1 aliphatic heterocycles. The molecule has 0 aromatic heterocycles. The van der Waals surface area contributed by atoms with Crippen LogP contribution in [0.25, 0.3) is 0 Å². The molecule has 0 spiro atoms. The number of nitrogens with zero attached hydrogens (tertiary/aromatic N) is 1. The average molecular weight is 591 g/mol. The normalized spacial score (nSPS) is 16.7. The van der Waals surface area contributed by atoms with Crippen molar-refractivity contribution >= 4 is 15.9 Å². The zero-order chi connectivity index (χ0) is 30.0. The van der Waals surface area contributed by atoms with Gasteiger partial charge in [0, 0.05) is 37.5 Å². The number of benzene rings is 3. The van der Waals surface area contributed by atoms with Crippen molar-refractivity contribution in [1.29, 1.82) is 0 Å². The molecule has 0 unspecified atom stereocenters. The fourth-order valence-corrected chi connectivity index (χ4v) is 5.90. The van der Waals surface area contributed by atoms with Gasteiger partial charge in [0.15, 0.2) is 5.76 Å². The van der Waals surface area contributed by atoms with Gasteiger partial charge in [0.25, 0.3) is 5.91 Å². The molecule has 0 fully saturated rings. The van der Waals surface area contributed by atoms with Crippen molar-refractivity contribution in [3.05, 3.63) is 107 Å². The van der Waals surface area contributed by atoms with E-state index in [0.717, 1.165) is 21.0 Å². The van der Waals surface area contributed by atoms with Gasteiger partial charge in [0.1, 0.15) is 5.75 Å². The minimum atomic E-state index is -3.90. The van der Waals surface area contributed by atoms with E-state index in [2.05, 4.69) is 11.2 Å². The molecule has 0 saturated heterocycles. The number of carbonyl (C=O) groups is 1. The summed E-state index contributed by atoms with van der Waals surface area (Å²) < 4.78 is 44.7. The predicted molar refractivity (Wildman–Crippen MR) is 158 cm³/mol. The number of allylic oxidation sites excluding steroid dienone is 1. The molecule has 0 aliphatic carbocycles. The van der Waals surface area contributed by atoms with Crippen molar-refractivity contribution in [3.8, 4) is 18.1 Å². The van der Waals surface area contributed by atoms with Crippen molar-refractivity contribution in [1.82, 2.24) is 9.62 Å². The quantitative estimate of drug-likeness (QED) is 0.293. The van der Waals surface area contributed by atoms with E-state index in [1.807, 2.05) is 54.6 Å². The molecule has 1 aliphatic rings. The number of aliphatic hydroxyl groups is 1. The number of amides is 1. The molecule has 1 amide bonds. The van der Waals surface area contributed by atoms with Gasteiger partial charge in [-0.05, 0) is 53.6 Å². The fraction of sp³-hybridized carbons (Fsp3) is 0.281. The van der Waals surface area contributed by atoms with Gasteiger partial charge in [-0.1, -0.05) is 48.4 Å². The molecule has 2 N–H and O–H groups in total. The van der Waals surface area contributed by atoms with Crippen LogP contribution in [0.3, 0.4) is 0 Å². The average Bonchev–Trinajstić information content (AvgIpc) is 3.03. The molecule has 3 aromatic rings. The van der Waals surface area contributed by atoms with Crippen LogP contribution in [0.1, 0.15) is 29.0 Å². The highest BCUT2D eigenvalue weighted by Gasteiger charge is 2.30. The molecule has 2 atom stereocenters. The molecular weight excluding hydrogens is 556 g/mol. The summed E-state index contributed by atoms with van der Waals surface area (Å²) in [6.07, 6.45) is 6.85. The number of hydrogen-bond acceptors (Lipinski definition) is 7. The number of terminal acetylenes is 1. The molecule has 42 heavy (non-hydrogen) atoms. The number of sulfonamides is 1. The Bertz CT molecular complexity index is 1500. The summed E-state index contributed by atoms with van der Waals surface area (Å²) in [6.45, 7) is -0.204. The summed E-state index contributed by atoms with van der Waals surface area (Å²) in [7, 11) is -2.41. The van der Waals surface area contributed by atoms with Gasteiger partial charge in [-0.2, -0.15) is 4.31 Å². The topological polar surface area (TPSA) is 114 Å². The molecule has 0 saturated carbocycles. The largest absolute Gasteiger partial charge is 0.497 e. The lowest BCUT2D eigenvalue weighted by atomic mass is 9.92. The van der Waals surface area contributed by atoms with Crippen LogP contribution >= 0.6 is 0 Å². The van der Waals surface area contributed by atoms with Crippen molar-refractivity contribution in [2.24, 2.45) is 0 Å². The van der Waals surface area contributed by atoms with E-state index in [9.17, 15) is 18.3 Å². The van der Waals surface area contributed by atoms with Crippen LogP contribution in [0, 0.1) is 12.3 Å². The van der Waals surface area contributed by atoms with Gasteiger partial charge >= 0.3 is 0 Å². The van der Waals surface area contributed by atoms with Crippen LogP contribution in [0.5, 0.6) is 5.75 Å². The molecule has 0 radical (unpaired) electrons. The van der Waals surface area contributed by atoms with Crippen molar-refractivity contribution in [3.63, 3.8) is 0 Å². The molecule has 9 nitrogen and oxygen atoms in total. The second-order valence-corrected chi connectivity index (χ2v) is 11.5. The minimum absolute atomic E-state index is 0.0261. The number of nitrogens with one attached hydrogen (secondary N) is 1. The predicted octanol–water partition coefficient (Wildman–Crippen LogP) is 3.41. The van der Waals surface area contributed by atoms with Crippen LogP contribution in [-0.2, 0) is 30.8 Å². The van der Waals surface area contributed by atoms with Gasteiger partial charge in [-0.15, -0.1) is 6.42 Å². The van der Waals surface area contributed by atoms with E-state index >= 15 is 0 Å². The zero-order valence-electron chi connectivity index (χ0n) is 23.3. The standard InChI is InChI=1S/C32H34N2O7S/c1-3-24-9-11-26(12-10-24)27-21-30(32(36)33-23-25-7-5-4-6-8-25)41-31(22-27)40-20-18-34(17-19-35)42(37,38)29-15-13-28(39-2)14-16-29/h1,4-16,21,27,31,35H,17-20,22-23H2,2H3,(H,33,36)/t27-,31+/m0/s1. The number of methoxy groups -OCH3 is 1. The van der Waals surface area contributed by atoms with E-state index < -0.39 is 16.3 Å². The lowest BCUT2D eigenvalue weighted by Crippen LogP contribution is -2.38. The molecule has 0 bridgehead atoms. The Morgan fingerprint density at radius 3 is 2.43 bits per heavy atom. The maximum atomic E-state index is 13.2. The lowest BCUT2D eigenvalue weighted by Gasteiger charge is -2.30. The Balaban J connectivity index is 1.46. The summed E-state index contributed by atoms with van der Waals surface area (Å²) in [4.78, 5) is 13.2. The third kappa shape index (κ3) is 7.99. The Kier molecular flexibility index (Phi) is 10.8. The first-order valence-electron chi connectivity index (χ1n) is 13.5. The van der Waals surface area contributed by atoms with Gasteiger partial charge in [0.2, 0.25) is 16.3 Å². The molecule has 3 aromatic carbocycles. The van der Waals surface area contributed by atoms with Gasteiger partial charge in [-0.25, -0.2) is 8.42 Å². The highest BCUT2D eigenvalue weighted by atomic mass is 32.2. The van der Waals surface area contributed by atoms with Crippen LogP contribution < -0.4 is 10.1 Å². The smallest absolute Gasteiger partial charge is 0.286 e. The highest BCUT2D eigenvalue weighted by molar-refractivity contribution is 7.89. The van der Waals surface area contributed by atoms with Gasteiger partial charge in [-0.3, -0.25) is 4.79 Å². The Hall–Kier alpha value is -4.14. The second kappa shape index (κ2) is 14.7. The van der Waals surface area contributed by atoms with E-state index in [1.54, 1.807) is 18.2 Å². The monoisotopic (exact) mass is 590 g/mol. The number of ether oxygens (including phenoxy) is 3. The molecular formula is C32H34N2O7S. The summed E-state index contributed by atoms with van der Waals surface area (Å²) in [6, 6.07) is 23.0. The Morgan fingerprint density at radius 1 is 1.07 bits per heavy atom. The second-order valence-electron chi connectivity index (χ2n) is 9.53. The fourth-order valence-electron chi connectivity index (χ4n) is 4.49. The number of rotatable bonds is 13. The van der Waals surface area contributed by atoms with Crippen molar-refractivity contribution in [2.75, 3.05) is 33.4 Å². The Morgan fingerprint density at radius 2 is 1.79 bits per heavy atom. The maximum Gasteiger partial charge on any atom is 0.286 e. The molecule has 4 rings (SSSR count). The third-order valence-corrected chi connectivity index (χ3v) is 8.69. The van der Waals surface area contributed by atoms with Gasteiger partial charge < -0.3 is 24.6 Å².